The number of pyridine rings is 1. The number of benzene rings is 1. The predicted octanol–water partition coefficient (Wildman–Crippen LogP) is 3.73. The summed E-state index contributed by atoms with van der Waals surface area (Å²) >= 11 is 0. The van der Waals surface area contributed by atoms with Crippen molar-refractivity contribution in [1.82, 2.24) is 9.47 Å². The van der Waals surface area contributed by atoms with Crippen molar-refractivity contribution in [3.8, 4) is 5.75 Å². The minimum absolute atomic E-state index is 0.0911. The van der Waals surface area contributed by atoms with Gasteiger partial charge in [0, 0.05) is 37.3 Å². The third-order valence-corrected chi connectivity index (χ3v) is 6.62. The zero-order valence-electron chi connectivity index (χ0n) is 17.2. The number of amides is 1. The second-order valence-electron chi connectivity index (χ2n) is 8.57. The number of allylic oxidation sites excluding steroid dienone is 1. The second-order valence-corrected chi connectivity index (χ2v) is 8.57. The van der Waals surface area contributed by atoms with Gasteiger partial charge in [0.25, 0.3) is 5.91 Å². The molecule has 29 heavy (non-hydrogen) atoms. The number of hydrogen-bond acceptors (Lipinski definition) is 3. The molecule has 1 saturated carbocycles. The minimum Gasteiger partial charge on any atom is -0.503 e. The smallest absolute Gasteiger partial charge is 0.274 e. The molecular weight excluding hydrogens is 364 g/mol. The minimum atomic E-state index is -0.476. The average molecular weight is 392 g/mol. The lowest BCUT2D eigenvalue weighted by molar-refractivity contribution is 0.0739. The van der Waals surface area contributed by atoms with Gasteiger partial charge >= 0.3 is 0 Å². The van der Waals surface area contributed by atoms with E-state index in [1.54, 1.807) is 11.9 Å². The average Bonchev–Trinajstić information content (AvgIpc) is 3.17. The summed E-state index contributed by atoms with van der Waals surface area (Å²) in [6.45, 7) is 7.35. The van der Waals surface area contributed by atoms with Crippen LogP contribution in [0.15, 0.2) is 41.7 Å². The first-order valence-electron chi connectivity index (χ1n) is 10.3. The van der Waals surface area contributed by atoms with Gasteiger partial charge in [-0.25, -0.2) is 0 Å². The molecule has 5 heteroatoms. The molecule has 4 rings (SSSR count). The summed E-state index contributed by atoms with van der Waals surface area (Å²) in [4.78, 5) is 26.7. The van der Waals surface area contributed by atoms with Gasteiger partial charge in [-0.2, -0.15) is 0 Å². The van der Waals surface area contributed by atoms with Crippen molar-refractivity contribution < 1.29 is 9.90 Å². The summed E-state index contributed by atoms with van der Waals surface area (Å²) in [5.41, 5.74) is 3.88. The van der Waals surface area contributed by atoms with Gasteiger partial charge in [0.05, 0.1) is 0 Å². The molecule has 0 unspecified atom stereocenters. The van der Waals surface area contributed by atoms with Crippen molar-refractivity contribution in [2.45, 2.75) is 51.0 Å². The zero-order valence-corrected chi connectivity index (χ0v) is 17.2. The number of carbonyl (C=O) groups excluding carboxylic acids is 1. The maximum atomic E-state index is 12.7. The maximum Gasteiger partial charge on any atom is 0.274 e. The van der Waals surface area contributed by atoms with Crippen LogP contribution in [0.4, 0.5) is 0 Å². The van der Waals surface area contributed by atoms with Crippen LogP contribution in [-0.4, -0.2) is 34.1 Å². The van der Waals surface area contributed by atoms with Crippen molar-refractivity contribution in [1.29, 1.82) is 0 Å². The van der Waals surface area contributed by atoms with Gasteiger partial charge < -0.3 is 14.6 Å². The summed E-state index contributed by atoms with van der Waals surface area (Å²) in [5, 5.41) is 10.3. The molecule has 2 heterocycles. The molecule has 1 fully saturated rings. The van der Waals surface area contributed by atoms with Gasteiger partial charge in [-0.3, -0.25) is 9.59 Å². The number of carbonyl (C=O) groups is 1. The Morgan fingerprint density at radius 1 is 1.17 bits per heavy atom. The van der Waals surface area contributed by atoms with Crippen LogP contribution in [0.1, 0.15) is 59.9 Å². The Kier molecular flexibility index (Phi) is 4.85. The van der Waals surface area contributed by atoms with Crippen LogP contribution in [0.5, 0.6) is 5.75 Å². The van der Waals surface area contributed by atoms with Crippen molar-refractivity contribution in [2.24, 2.45) is 0 Å². The van der Waals surface area contributed by atoms with Crippen LogP contribution in [0.25, 0.3) is 5.57 Å². The molecule has 1 aliphatic carbocycles. The third-order valence-electron chi connectivity index (χ3n) is 6.62. The molecule has 0 spiro atoms. The van der Waals surface area contributed by atoms with Crippen LogP contribution in [0, 0.1) is 0 Å². The highest BCUT2D eigenvalue weighted by molar-refractivity contribution is 5.95. The van der Waals surface area contributed by atoms with E-state index in [0.29, 0.717) is 19.5 Å². The van der Waals surface area contributed by atoms with Crippen LogP contribution in [-0.2, 0) is 18.4 Å². The monoisotopic (exact) mass is 392 g/mol. The Balaban J connectivity index is 1.87. The molecule has 2 aliphatic rings. The van der Waals surface area contributed by atoms with Crippen LogP contribution in [0.2, 0.25) is 0 Å². The highest BCUT2D eigenvalue weighted by atomic mass is 16.3. The van der Waals surface area contributed by atoms with E-state index >= 15 is 0 Å². The highest BCUT2D eigenvalue weighted by Crippen LogP contribution is 2.46. The molecule has 5 nitrogen and oxygen atoms in total. The molecule has 1 aliphatic heterocycles. The predicted molar refractivity (Wildman–Crippen MR) is 114 cm³/mol. The molecule has 152 valence electrons. The number of nitrogens with zero attached hydrogens (tertiary/aromatic N) is 2. The molecular formula is C24H28N2O3. The van der Waals surface area contributed by atoms with Gasteiger partial charge in [-0.1, -0.05) is 49.3 Å². The second kappa shape index (κ2) is 7.21. The Bertz CT molecular complexity index is 1040. The van der Waals surface area contributed by atoms with E-state index in [4.69, 9.17) is 0 Å². The number of aromatic hydroxyl groups is 1. The van der Waals surface area contributed by atoms with E-state index in [2.05, 4.69) is 24.8 Å². The van der Waals surface area contributed by atoms with Gasteiger partial charge in [0.1, 0.15) is 0 Å². The van der Waals surface area contributed by atoms with E-state index in [1.807, 2.05) is 17.6 Å². The zero-order chi connectivity index (χ0) is 20.8. The first kappa shape index (κ1) is 19.5. The Hall–Kier alpha value is -2.82. The lowest BCUT2D eigenvalue weighted by Gasteiger charge is -2.35. The summed E-state index contributed by atoms with van der Waals surface area (Å²) in [7, 11) is 1.70. The van der Waals surface area contributed by atoms with E-state index < -0.39 is 11.2 Å². The fourth-order valence-electron chi connectivity index (χ4n) is 5.09. The van der Waals surface area contributed by atoms with Gasteiger partial charge in [-0.05, 0) is 37.3 Å². The van der Waals surface area contributed by atoms with E-state index in [9.17, 15) is 14.7 Å². The molecule has 1 amide bonds. The summed E-state index contributed by atoms with van der Waals surface area (Å²) in [5.74, 6) is -0.733. The summed E-state index contributed by atoms with van der Waals surface area (Å²) in [6.07, 6.45) is 5.03. The van der Waals surface area contributed by atoms with Crippen molar-refractivity contribution in [2.75, 3.05) is 13.6 Å². The number of hydrogen-bond donors (Lipinski definition) is 1. The van der Waals surface area contributed by atoms with Crippen molar-refractivity contribution in [3.63, 3.8) is 0 Å². The first-order chi connectivity index (χ1) is 13.8. The van der Waals surface area contributed by atoms with Gasteiger partial charge in [0.2, 0.25) is 5.43 Å². The van der Waals surface area contributed by atoms with Crippen molar-refractivity contribution >= 4 is 11.5 Å². The molecule has 0 saturated heterocycles. The van der Waals surface area contributed by atoms with Crippen molar-refractivity contribution in [3.05, 3.63) is 69.6 Å². The molecule has 1 aromatic heterocycles. The largest absolute Gasteiger partial charge is 0.503 e. The Morgan fingerprint density at radius 2 is 1.86 bits per heavy atom. The van der Waals surface area contributed by atoms with E-state index in [1.165, 1.54) is 17.2 Å². The fraction of sp³-hybridized carbons (Fsp3) is 0.417. The van der Waals surface area contributed by atoms with Gasteiger partial charge in [-0.15, -0.1) is 0 Å². The number of aromatic nitrogens is 1. The number of rotatable bonds is 4. The molecule has 0 bridgehead atoms. The summed E-state index contributed by atoms with van der Waals surface area (Å²) in [6, 6.07) is 9.94. The summed E-state index contributed by atoms with van der Waals surface area (Å²) < 4.78 is 1.86. The topological polar surface area (TPSA) is 62.5 Å². The Morgan fingerprint density at radius 3 is 2.55 bits per heavy atom. The fourth-order valence-corrected chi connectivity index (χ4v) is 5.09. The molecule has 1 aromatic carbocycles. The normalized spacial score (nSPS) is 18.0. The molecule has 0 radical (unpaired) electrons. The highest BCUT2D eigenvalue weighted by Gasteiger charge is 2.39. The van der Waals surface area contributed by atoms with Crippen LogP contribution in [0.3, 0.4) is 0 Å². The number of likely N-dealkylation sites (N-methyl/N-ethyl adjacent to an activating group) is 1. The standard InChI is InChI=1S/C24H28N2O3/c1-16(2)18-8-4-5-9-19(18)24(10-6-7-11-24)15-17-14-20(27)22(28)21-23(29)25(3)12-13-26(17)21/h4-5,8-9,14,28H,1,6-7,10-13,15H2,2-3H3. The van der Waals surface area contributed by atoms with Gasteiger partial charge in [0.15, 0.2) is 11.4 Å². The van der Waals surface area contributed by atoms with Crippen LogP contribution >= 0.6 is 0 Å². The maximum absolute atomic E-state index is 12.7. The molecule has 0 atom stereocenters. The van der Waals surface area contributed by atoms with E-state index in [-0.39, 0.29) is 17.0 Å². The number of fused-ring (bicyclic) bond motifs is 1. The Labute approximate surface area is 171 Å². The molecule has 1 N–H and O–H groups in total. The third kappa shape index (κ3) is 3.18. The quantitative estimate of drug-likeness (QED) is 0.862. The first-order valence-corrected chi connectivity index (χ1v) is 10.3. The lowest BCUT2D eigenvalue weighted by atomic mass is 9.72. The molecule has 2 aromatic rings. The lowest BCUT2D eigenvalue weighted by Crippen LogP contribution is -2.41. The van der Waals surface area contributed by atoms with Crippen LogP contribution < -0.4 is 5.43 Å². The SMILES string of the molecule is C=C(C)c1ccccc1C1(Cc2cc(=O)c(O)c3n2CCN(C)C3=O)CCCC1. The van der Waals surface area contributed by atoms with E-state index in [0.717, 1.165) is 37.0 Å².